The Morgan fingerprint density at radius 2 is 0.984 bits per heavy atom. The molecule has 0 saturated carbocycles. The molecule has 0 aliphatic heterocycles. The number of carboxylic acid groups (broad SMARTS) is 1. The van der Waals surface area contributed by atoms with Crippen LogP contribution in [0.5, 0.6) is 11.5 Å². The average Bonchev–Trinajstić information content (AvgIpc) is 3.88. The second-order valence-corrected chi connectivity index (χ2v) is 14.6. The summed E-state index contributed by atoms with van der Waals surface area (Å²) in [6, 6.07) is 43.3. The predicted molar refractivity (Wildman–Crippen MR) is 236 cm³/mol. The van der Waals surface area contributed by atoms with Gasteiger partial charge in [0.25, 0.3) is 0 Å². The lowest BCUT2D eigenvalue weighted by atomic mass is 10.1. The lowest BCUT2D eigenvalue weighted by molar-refractivity contribution is 0.0525. The van der Waals surface area contributed by atoms with Gasteiger partial charge >= 0.3 is 11.9 Å². The third-order valence-electron chi connectivity index (χ3n) is 10.2. The van der Waals surface area contributed by atoms with Crippen molar-refractivity contribution in [2.24, 2.45) is 0 Å². The minimum atomic E-state index is -1.00. The van der Waals surface area contributed by atoms with E-state index in [0.717, 1.165) is 51.7 Å². The van der Waals surface area contributed by atoms with Crippen LogP contribution in [0.4, 0.5) is 17.6 Å². The molecule has 2 aromatic heterocycles. The highest BCUT2D eigenvalue weighted by Gasteiger charge is 2.18. The first-order chi connectivity index (χ1) is 30.9. The zero-order chi connectivity index (χ0) is 45.3. The molecule has 0 aliphatic carbocycles. The summed E-state index contributed by atoms with van der Waals surface area (Å²) in [6.07, 6.45) is 0. The molecular formula is C52H42F4N2O6. The summed E-state index contributed by atoms with van der Waals surface area (Å²) in [7, 11) is 0. The fourth-order valence-corrected chi connectivity index (χ4v) is 7.14. The first-order valence-corrected chi connectivity index (χ1v) is 20.2. The van der Waals surface area contributed by atoms with Crippen LogP contribution in [0.3, 0.4) is 0 Å². The number of carboxylic acids is 1. The monoisotopic (exact) mass is 866 g/mol. The molecule has 6 aromatic carbocycles. The standard InChI is InChI=1S/C27H23F2NO3.C25H19F2NO3/c1-3-32-27(31)19-7-6-8-22(15-19)30-18(2)11-14-25(30)23-9-4-5-10-26(23)33-17-20-12-13-21(28)16-24(20)29;1-16-9-12-23(28(16)20-6-4-5-17(13-20)25(29)30)21-7-2-3-8-24(21)31-15-18-10-11-19(26)14-22(18)27/h4-16H,3,17H2,1-2H3;2-14H,15H2,1H3,(H,29,30). The molecule has 0 spiro atoms. The molecule has 8 rings (SSSR count). The van der Waals surface area contributed by atoms with E-state index >= 15 is 0 Å². The predicted octanol–water partition coefficient (Wildman–Crippen LogP) is 12.5. The Balaban J connectivity index is 0.000000192. The van der Waals surface area contributed by atoms with Gasteiger partial charge in [0.05, 0.1) is 29.1 Å². The van der Waals surface area contributed by atoms with Crippen molar-refractivity contribution in [2.45, 2.75) is 34.0 Å². The third kappa shape index (κ3) is 10.1. The van der Waals surface area contributed by atoms with Gasteiger partial charge in [-0.05, 0) is 130 Å². The number of aromatic carboxylic acids is 1. The molecule has 324 valence electrons. The quantitative estimate of drug-likeness (QED) is 0.0917. The number of ether oxygens (including phenoxy) is 3. The number of hydrogen-bond acceptors (Lipinski definition) is 5. The molecule has 64 heavy (non-hydrogen) atoms. The zero-order valence-corrected chi connectivity index (χ0v) is 35.0. The van der Waals surface area contributed by atoms with Crippen molar-refractivity contribution in [3.63, 3.8) is 0 Å². The fourth-order valence-electron chi connectivity index (χ4n) is 7.14. The van der Waals surface area contributed by atoms with Gasteiger partial charge in [-0.1, -0.05) is 36.4 Å². The number of aryl methyl sites for hydroxylation is 2. The smallest absolute Gasteiger partial charge is 0.338 e. The van der Waals surface area contributed by atoms with Gasteiger partial charge in [-0.25, -0.2) is 27.2 Å². The molecule has 0 saturated heterocycles. The van der Waals surface area contributed by atoms with Crippen LogP contribution < -0.4 is 9.47 Å². The summed E-state index contributed by atoms with van der Waals surface area (Å²) in [5.41, 5.74) is 7.76. The minimum Gasteiger partial charge on any atom is -0.488 e. The molecule has 8 nitrogen and oxygen atoms in total. The highest BCUT2D eigenvalue weighted by atomic mass is 19.1. The second-order valence-electron chi connectivity index (χ2n) is 14.6. The summed E-state index contributed by atoms with van der Waals surface area (Å²) >= 11 is 0. The number of carbonyl (C=O) groups is 2. The zero-order valence-electron chi connectivity index (χ0n) is 35.0. The topological polar surface area (TPSA) is 91.9 Å². The number of carbonyl (C=O) groups excluding carboxylic acids is 1. The summed E-state index contributed by atoms with van der Waals surface area (Å²) in [5, 5.41) is 9.34. The third-order valence-corrected chi connectivity index (χ3v) is 10.2. The minimum absolute atomic E-state index is 0.0405. The van der Waals surface area contributed by atoms with Gasteiger partial charge in [-0.2, -0.15) is 0 Å². The Labute approximate surface area is 367 Å². The van der Waals surface area contributed by atoms with E-state index in [-0.39, 0.29) is 35.9 Å². The highest BCUT2D eigenvalue weighted by Crippen LogP contribution is 2.36. The van der Waals surface area contributed by atoms with E-state index in [2.05, 4.69) is 0 Å². The summed E-state index contributed by atoms with van der Waals surface area (Å²) in [6.45, 7) is 5.87. The van der Waals surface area contributed by atoms with E-state index in [1.165, 1.54) is 24.3 Å². The van der Waals surface area contributed by atoms with Gasteiger partial charge < -0.3 is 28.5 Å². The lowest BCUT2D eigenvalue weighted by Crippen LogP contribution is -2.07. The molecule has 12 heteroatoms. The van der Waals surface area contributed by atoms with Gasteiger partial charge in [-0.3, -0.25) is 0 Å². The summed E-state index contributed by atoms with van der Waals surface area (Å²) in [4.78, 5) is 23.6. The SMILES string of the molecule is CCOC(=O)c1cccc(-n2c(C)ccc2-c2ccccc2OCc2ccc(F)cc2F)c1.Cc1ccc(-c2ccccc2OCc2ccc(F)cc2F)n1-c1cccc(C(=O)O)c1. The van der Waals surface area contributed by atoms with Crippen LogP contribution in [0.25, 0.3) is 33.9 Å². The van der Waals surface area contributed by atoms with Crippen molar-refractivity contribution in [1.82, 2.24) is 9.13 Å². The molecule has 0 amide bonds. The van der Waals surface area contributed by atoms with Crippen LogP contribution in [-0.4, -0.2) is 32.8 Å². The molecule has 2 heterocycles. The molecule has 0 atom stereocenters. The van der Waals surface area contributed by atoms with Crippen LogP contribution in [0, 0.1) is 37.1 Å². The van der Waals surface area contributed by atoms with E-state index in [4.69, 9.17) is 14.2 Å². The average molecular weight is 867 g/mol. The molecule has 0 bridgehead atoms. The van der Waals surface area contributed by atoms with Gasteiger partial charge in [0.2, 0.25) is 0 Å². The normalized spacial score (nSPS) is 10.8. The maximum absolute atomic E-state index is 14.1. The van der Waals surface area contributed by atoms with Crippen molar-refractivity contribution >= 4 is 11.9 Å². The molecular weight excluding hydrogens is 825 g/mol. The summed E-state index contributed by atoms with van der Waals surface area (Å²) in [5.74, 6) is -2.88. The van der Waals surface area contributed by atoms with Crippen molar-refractivity contribution in [3.05, 3.63) is 215 Å². The Kier molecular flexibility index (Phi) is 13.7. The first kappa shape index (κ1) is 44.2. The number of hydrogen-bond donors (Lipinski definition) is 1. The van der Waals surface area contributed by atoms with Gasteiger partial charge in [0, 0.05) is 57.1 Å². The largest absolute Gasteiger partial charge is 0.488 e. The van der Waals surface area contributed by atoms with Crippen molar-refractivity contribution in [2.75, 3.05) is 6.61 Å². The molecule has 0 unspecified atom stereocenters. The van der Waals surface area contributed by atoms with Crippen molar-refractivity contribution in [1.29, 1.82) is 0 Å². The molecule has 0 fully saturated rings. The number of aromatic nitrogens is 2. The van der Waals surface area contributed by atoms with E-state index in [9.17, 15) is 32.3 Å². The van der Waals surface area contributed by atoms with Gasteiger partial charge in [0.1, 0.15) is 48.0 Å². The highest BCUT2D eigenvalue weighted by molar-refractivity contribution is 5.90. The van der Waals surface area contributed by atoms with Crippen LogP contribution in [-0.2, 0) is 18.0 Å². The molecule has 8 aromatic rings. The number of esters is 1. The number of halogens is 4. The number of para-hydroxylation sites is 2. The Morgan fingerprint density at radius 3 is 1.44 bits per heavy atom. The molecule has 1 N–H and O–H groups in total. The first-order valence-electron chi connectivity index (χ1n) is 20.2. The summed E-state index contributed by atoms with van der Waals surface area (Å²) < 4.78 is 75.4. The number of benzene rings is 6. The Morgan fingerprint density at radius 1 is 0.531 bits per heavy atom. The van der Waals surface area contributed by atoms with Crippen molar-refractivity contribution in [3.8, 4) is 45.4 Å². The molecule has 0 aliphatic rings. The van der Waals surface area contributed by atoms with Gasteiger partial charge in [-0.15, -0.1) is 0 Å². The van der Waals surface area contributed by atoms with Crippen LogP contribution in [0.15, 0.2) is 158 Å². The number of nitrogens with zero attached hydrogens (tertiary/aromatic N) is 2. The van der Waals surface area contributed by atoms with E-state index in [1.807, 2.05) is 102 Å². The lowest BCUT2D eigenvalue weighted by Gasteiger charge is -2.16. The van der Waals surface area contributed by atoms with E-state index in [1.54, 1.807) is 49.4 Å². The second kappa shape index (κ2) is 19.9. The maximum Gasteiger partial charge on any atom is 0.338 e. The van der Waals surface area contributed by atoms with E-state index < -0.39 is 29.2 Å². The van der Waals surface area contributed by atoms with Crippen LogP contribution >= 0.6 is 0 Å². The maximum atomic E-state index is 14.1. The van der Waals surface area contributed by atoms with Crippen LogP contribution in [0.1, 0.15) is 50.2 Å². The van der Waals surface area contributed by atoms with E-state index in [0.29, 0.717) is 29.4 Å². The Hall–Kier alpha value is -7.86. The van der Waals surface area contributed by atoms with Crippen molar-refractivity contribution < 1.29 is 46.5 Å². The number of rotatable bonds is 13. The van der Waals surface area contributed by atoms with Gasteiger partial charge in [0.15, 0.2) is 0 Å². The Bertz CT molecular complexity index is 2960. The molecule has 0 radical (unpaired) electrons. The fraction of sp³-hybridized carbons (Fsp3) is 0.115. The van der Waals surface area contributed by atoms with Crippen LogP contribution in [0.2, 0.25) is 0 Å².